The van der Waals surface area contributed by atoms with Crippen molar-refractivity contribution in [2.24, 2.45) is 5.92 Å². The molecule has 1 atom stereocenters. The minimum atomic E-state index is -0.230. The van der Waals surface area contributed by atoms with Gasteiger partial charge in [-0.3, -0.25) is 4.79 Å². The molecule has 0 spiro atoms. The van der Waals surface area contributed by atoms with Crippen molar-refractivity contribution in [3.8, 4) is 0 Å². The molecule has 1 amide bonds. The summed E-state index contributed by atoms with van der Waals surface area (Å²) in [6.07, 6.45) is 6.67. The van der Waals surface area contributed by atoms with Crippen LogP contribution in [0, 0.1) is 5.92 Å². The van der Waals surface area contributed by atoms with E-state index in [0.29, 0.717) is 17.9 Å². The van der Waals surface area contributed by atoms with Gasteiger partial charge in [-0.2, -0.15) is 0 Å². The number of rotatable bonds is 6. The average molecular weight is 252 g/mol. The van der Waals surface area contributed by atoms with Crippen LogP contribution in [-0.4, -0.2) is 35.5 Å². The summed E-state index contributed by atoms with van der Waals surface area (Å²) in [6, 6.07) is 0.538. The third-order valence-electron chi connectivity index (χ3n) is 4.14. The lowest BCUT2D eigenvalue weighted by Crippen LogP contribution is -2.56. The van der Waals surface area contributed by atoms with Crippen molar-refractivity contribution in [2.75, 3.05) is 13.1 Å². The predicted molar refractivity (Wildman–Crippen MR) is 74.4 cm³/mol. The Balaban J connectivity index is 2.09. The van der Waals surface area contributed by atoms with Crippen molar-refractivity contribution < 1.29 is 4.79 Å². The first-order valence-corrected chi connectivity index (χ1v) is 7.65. The lowest BCUT2D eigenvalue weighted by Gasteiger charge is -2.35. The van der Waals surface area contributed by atoms with Crippen molar-refractivity contribution in [2.45, 2.75) is 70.9 Å². The van der Waals surface area contributed by atoms with Gasteiger partial charge in [-0.15, -0.1) is 0 Å². The highest BCUT2D eigenvalue weighted by Gasteiger charge is 2.46. The fourth-order valence-electron chi connectivity index (χ4n) is 3.19. The Kier molecular flexibility index (Phi) is 4.31. The molecule has 1 aliphatic carbocycles. The minimum Gasteiger partial charge on any atom is -0.338 e. The van der Waals surface area contributed by atoms with Crippen LogP contribution in [0.15, 0.2) is 0 Å². The van der Waals surface area contributed by atoms with E-state index in [1.54, 1.807) is 0 Å². The smallest absolute Gasteiger partial charge is 0.243 e. The molecule has 0 bridgehead atoms. The molecule has 1 saturated carbocycles. The molecule has 2 aliphatic rings. The van der Waals surface area contributed by atoms with E-state index in [9.17, 15) is 4.79 Å². The molecule has 18 heavy (non-hydrogen) atoms. The molecule has 0 aromatic rings. The van der Waals surface area contributed by atoms with Gasteiger partial charge in [0.2, 0.25) is 5.91 Å². The third-order valence-corrected chi connectivity index (χ3v) is 4.14. The van der Waals surface area contributed by atoms with Crippen LogP contribution >= 0.6 is 0 Å². The number of carbonyl (C=O) groups is 1. The number of amides is 1. The number of hydrogen-bond acceptors (Lipinski definition) is 2. The maximum atomic E-state index is 12.9. The third kappa shape index (κ3) is 2.87. The van der Waals surface area contributed by atoms with E-state index < -0.39 is 0 Å². The van der Waals surface area contributed by atoms with Crippen LogP contribution in [-0.2, 0) is 4.79 Å². The highest BCUT2D eigenvalue weighted by molar-refractivity contribution is 5.87. The molecule has 1 unspecified atom stereocenters. The van der Waals surface area contributed by atoms with Crippen molar-refractivity contribution >= 4 is 5.91 Å². The number of hydrogen-bond donors (Lipinski definition) is 1. The summed E-state index contributed by atoms with van der Waals surface area (Å²) in [5.74, 6) is 0.952. The fourth-order valence-corrected chi connectivity index (χ4v) is 3.19. The molecule has 3 heteroatoms. The highest BCUT2D eigenvalue weighted by Crippen LogP contribution is 2.34. The lowest BCUT2D eigenvalue weighted by atomic mass is 9.89. The van der Waals surface area contributed by atoms with E-state index in [-0.39, 0.29) is 5.54 Å². The summed E-state index contributed by atoms with van der Waals surface area (Å²) < 4.78 is 0. The Labute approximate surface area is 111 Å². The topological polar surface area (TPSA) is 32.3 Å². The minimum absolute atomic E-state index is 0.230. The zero-order valence-electron chi connectivity index (χ0n) is 12.2. The van der Waals surface area contributed by atoms with E-state index >= 15 is 0 Å². The number of nitrogens with one attached hydrogen (secondary N) is 1. The zero-order valence-corrected chi connectivity index (χ0v) is 12.2. The summed E-state index contributed by atoms with van der Waals surface area (Å²) in [5, 5.41) is 3.52. The molecule has 2 rings (SSSR count). The summed E-state index contributed by atoms with van der Waals surface area (Å²) in [6.45, 7) is 8.52. The standard InChI is InChI=1S/C15H28N2O/c1-4-8-15(9-5-10-16-15)14(18)17(11-12(2)3)13-6-7-13/h12-13,16H,4-11H2,1-3H3. The number of carbonyl (C=O) groups excluding carboxylic acids is 1. The Bertz CT molecular complexity index is 291. The second-order valence-electron chi connectivity index (χ2n) is 6.44. The molecule has 104 valence electrons. The van der Waals surface area contributed by atoms with E-state index in [0.717, 1.165) is 38.8 Å². The van der Waals surface area contributed by atoms with Crippen LogP contribution in [0.25, 0.3) is 0 Å². The first kappa shape index (κ1) is 13.9. The molecular formula is C15H28N2O. The summed E-state index contributed by atoms with van der Waals surface area (Å²) in [4.78, 5) is 15.1. The highest BCUT2D eigenvalue weighted by atomic mass is 16.2. The summed E-state index contributed by atoms with van der Waals surface area (Å²) in [7, 11) is 0. The van der Waals surface area contributed by atoms with Crippen LogP contribution in [0.2, 0.25) is 0 Å². The van der Waals surface area contributed by atoms with Crippen LogP contribution < -0.4 is 5.32 Å². The molecule has 1 heterocycles. The maximum absolute atomic E-state index is 12.9. The van der Waals surface area contributed by atoms with Gasteiger partial charge in [-0.25, -0.2) is 0 Å². The maximum Gasteiger partial charge on any atom is 0.243 e. The van der Waals surface area contributed by atoms with Gasteiger partial charge in [0.15, 0.2) is 0 Å². The van der Waals surface area contributed by atoms with Crippen molar-refractivity contribution in [3.05, 3.63) is 0 Å². The Morgan fingerprint density at radius 2 is 2.17 bits per heavy atom. The monoisotopic (exact) mass is 252 g/mol. The zero-order chi connectivity index (χ0) is 13.2. The Morgan fingerprint density at radius 1 is 1.44 bits per heavy atom. The Morgan fingerprint density at radius 3 is 2.61 bits per heavy atom. The van der Waals surface area contributed by atoms with Crippen LogP contribution in [0.4, 0.5) is 0 Å². The van der Waals surface area contributed by atoms with Gasteiger partial charge in [-0.05, 0) is 44.6 Å². The molecule has 1 aliphatic heterocycles. The van der Waals surface area contributed by atoms with Crippen molar-refractivity contribution in [3.63, 3.8) is 0 Å². The SMILES string of the molecule is CCCC1(C(=O)N(CC(C)C)C2CC2)CCCN1. The second kappa shape index (κ2) is 5.60. The summed E-state index contributed by atoms with van der Waals surface area (Å²) in [5.41, 5.74) is -0.230. The first-order valence-electron chi connectivity index (χ1n) is 7.65. The fraction of sp³-hybridized carbons (Fsp3) is 0.933. The van der Waals surface area contributed by atoms with Gasteiger partial charge in [-0.1, -0.05) is 27.2 Å². The number of nitrogens with zero attached hydrogens (tertiary/aromatic N) is 1. The average Bonchev–Trinajstić information content (AvgIpc) is 3.06. The molecule has 0 radical (unpaired) electrons. The molecule has 3 nitrogen and oxygen atoms in total. The van der Waals surface area contributed by atoms with Gasteiger partial charge in [0.25, 0.3) is 0 Å². The quantitative estimate of drug-likeness (QED) is 0.788. The van der Waals surface area contributed by atoms with Gasteiger partial charge in [0, 0.05) is 12.6 Å². The van der Waals surface area contributed by atoms with Crippen LogP contribution in [0.3, 0.4) is 0 Å². The largest absolute Gasteiger partial charge is 0.338 e. The van der Waals surface area contributed by atoms with Gasteiger partial charge in [0.1, 0.15) is 0 Å². The van der Waals surface area contributed by atoms with E-state index in [1.807, 2.05) is 0 Å². The van der Waals surface area contributed by atoms with Crippen molar-refractivity contribution in [1.29, 1.82) is 0 Å². The molecular weight excluding hydrogens is 224 g/mol. The lowest BCUT2D eigenvalue weighted by molar-refractivity contribution is -0.139. The van der Waals surface area contributed by atoms with Crippen LogP contribution in [0.5, 0.6) is 0 Å². The van der Waals surface area contributed by atoms with E-state index in [1.165, 1.54) is 12.8 Å². The molecule has 1 N–H and O–H groups in total. The van der Waals surface area contributed by atoms with Gasteiger partial charge in [0.05, 0.1) is 5.54 Å². The molecule has 0 aromatic carbocycles. The van der Waals surface area contributed by atoms with Gasteiger partial charge >= 0.3 is 0 Å². The van der Waals surface area contributed by atoms with E-state index in [4.69, 9.17) is 0 Å². The van der Waals surface area contributed by atoms with E-state index in [2.05, 4.69) is 31.0 Å². The van der Waals surface area contributed by atoms with Crippen LogP contribution in [0.1, 0.15) is 59.3 Å². The molecule has 0 aromatic heterocycles. The van der Waals surface area contributed by atoms with Gasteiger partial charge < -0.3 is 10.2 Å². The van der Waals surface area contributed by atoms with Crippen molar-refractivity contribution in [1.82, 2.24) is 10.2 Å². The summed E-state index contributed by atoms with van der Waals surface area (Å²) >= 11 is 0. The second-order valence-corrected chi connectivity index (χ2v) is 6.44. The molecule has 1 saturated heterocycles. The predicted octanol–water partition coefficient (Wildman–Crippen LogP) is 2.56. The molecule has 2 fully saturated rings. The first-order chi connectivity index (χ1) is 8.59. The Hall–Kier alpha value is -0.570. The normalized spacial score (nSPS) is 27.8.